The lowest BCUT2D eigenvalue weighted by Crippen LogP contribution is -2.46. The van der Waals surface area contributed by atoms with E-state index in [4.69, 9.17) is 5.73 Å². The summed E-state index contributed by atoms with van der Waals surface area (Å²) in [5, 5.41) is 18.2. The predicted octanol–water partition coefficient (Wildman–Crippen LogP) is 1.82. The average molecular weight is 337 g/mol. The number of aryl methyl sites for hydroxylation is 2. The van der Waals surface area contributed by atoms with Crippen molar-refractivity contribution in [1.82, 2.24) is 15.1 Å². The van der Waals surface area contributed by atoms with Crippen LogP contribution < -0.4 is 11.1 Å². The van der Waals surface area contributed by atoms with Gasteiger partial charge in [-0.05, 0) is 32.6 Å². The lowest BCUT2D eigenvalue weighted by molar-refractivity contribution is -0.386. The summed E-state index contributed by atoms with van der Waals surface area (Å²) in [6, 6.07) is 0.0209. The van der Waals surface area contributed by atoms with E-state index >= 15 is 0 Å². The molecule has 1 atom stereocenters. The van der Waals surface area contributed by atoms with Crippen molar-refractivity contribution in [2.75, 3.05) is 6.54 Å². The standard InChI is InChI=1S/C16H27N5O3/c1-11-16(21(23)24)12(2)20(19-11)9-8-15(22)18-14(10-17)13-6-4-3-5-7-13/h13-14H,3-10,17H2,1-2H3,(H,18,22). The molecule has 0 aliphatic heterocycles. The maximum atomic E-state index is 12.2. The zero-order chi connectivity index (χ0) is 17.7. The second kappa shape index (κ2) is 8.23. The molecule has 2 rings (SSSR count). The molecule has 0 aromatic carbocycles. The number of rotatable bonds is 7. The van der Waals surface area contributed by atoms with Crippen LogP contribution in [0, 0.1) is 29.9 Å². The molecule has 0 radical (unpaired) electrons. The van der Waals surface area contributed by atoms with Crippen molar-refractivity contribution in [1.29, 1.82) is 0 Å². The zero-order valence-electron chi connectivity index (χ0n) is 14.5. The van der Waals surface area contributed by atoms with Gasteiger partial charge in [0.2, 0.25) is 5.91 Å². The van der Waals surface area contributed by atoms with E-state index in [9.17, 15) is 14.9 Å². The van der Waals surface area contributed by atoms with Gasteiger partial charge in [-0.15, -0.1) is 0 Å². The molecule has 1 saturated carbocycles. The number of hydrogen-bond donors (Lipinski definition) is 2. The van der Waals surface area contributed by atoms with Crippen LogP contribution in [-0.4, -0.2) is 33.2 Å². The lowest BCUT2D eigenvalue weighted by Gasteiger charge is -2.30. The number of nitrogens with one attached hydrogen (secondary N) is 1. The van der Waals surface area contributed by atoms with Gasteiger partial charge in [-0.1, -0.05) is 19.3 Å². The van der Waals surface area contributed by atoms with Crippen LogP contribution in [0.25, 0.3) is 0 Å². The van der Waals surface area contributed by atoms with Crippen LogP contribution in [0.5, 0.6) is 0 Å². The van der Waals surface area contributed by atoms with Crippen LogP contribution in [-0.2, 0) is 11.3 Å². The first kappa shape index (κ1) is 18.4. The largest absolute Gasteiger partial charge is 0.352 e. The molecule has 134 valence electrons. The van der Waals surface area contributed by atoms with Gasteiger partial charge in [0, 0.05) is 19.0 Å². The highest BCUT2D eigenvalue weighted by Gasteiger charge is 2.25. The van der Waals surface area contributed by atoms with Gasteiger partial charge in [-0.2, -0.15) is 5.10 Å². The summed E-state index contributed by atoms with van der Waals surface area (Å²) in [4.78, 5) is 22.8. The summed E-state index contributed by atoms with van der Waals surface area (Å²) in [5.74, 6) is 0.383. The molecule has 1 aliphatic carbocycles. The quantitative estimate of drug-likeness (QED) is 0.581. The molecule has 1 heterocycles. The van der Waals surface area contributed by atoms with Crippen molar-refractivity contribution >= 4 is 11.6 Å². The van der Waals surface area contributed by atoms with Crippen LogP contribution in [0.15, 0.2) is 0 Å². The second-order valence-electron chi connectivity index (χ2n) is 6.56. The van der Waals surface area contributed by atoms with E-state index in [1.165, 1.54) is 23.9 Å². The van der Waals surface area contributed by atoms with Crippen LogP contribution >= 0.6 is 0 Å². The fraction of sp³-hybridized carbons (Fsp3) is 0.750. The number of carbonyl (C=O) groups excluding carboxylic acids is 1. The first-order valence-electron chi connectivity index (χ1n) is 8.61. The number of aromatic nitrogens is 2. The van der Waals surface area contributed by atoms with E-state index in [0.717, 1.165) is 12.8 Å². The SMILES string of the molecule is Cc1nn(CCC(=O)NC(CN)C2CCCCC2)c(C)c1[N+](=O)[O-]. The van der Waals surface area contributed by atoms with Gasteiger partial charge in [0.25, 0.3) is 0 Å². The Morgan fingerprint density at radius 3 is 2.62 bits per heavy atom. The van der Waals surface area contributed by atoms with Crippen molar-refractivity contribution in [2.24, 2.45) is 11.7 Å². The summed E-state index contributed by atoms with van der Waals surface area (Å²) >= 11 is 0. The number of carbonyl (C=O) groups is 1. The first-order chi connectivity index (χ1) is 11.4. The van der Waals surface area contributed by atoms with Crippen LogP contribution in [0.4, 0.5) is 5.69 Å². The Morgan fingerprint density at radius 2 is 2.08 bits per heavy atom. The van der Waals surface area contributed by atoms with Gasteiger partial charge in [0.05, 0.1) is 11.5 Å². The van der Waals surface area contributed by atoms with Gasteiger partial charge in [0.15, 0.2) is 0 Å². The van der Waals surface area contributed by atoms with E-state index in [1.54, 1.807) is 13.8 Å². The van der Waals surface area contributed by atoms with Crippen molar-refractivity contribution in [2.45, 2.75) is 65.0 Å². The Kier molecular flexibility index (Phi) is 6.30. The Morgan fingerprint density at radius 1 is 1.42 bits per heavy atom. The molecule has 1 fully saturated rings. The van der Waals surface area contributed by atoms with Gasteiger partial charge in [0.1, 0.15) is 11.4 Å². The third-order valence-electron chi connectivity index (χ3n) is 4.90. The molecule has 1 aromatic rings. The molecular formula is C16H27N5O3. The summed E-state index contributed by atoms with van der Waals surface area (Å²) in [6.07, 6.45) is 6.14. The van der Waals surface area contributed by atoms with E-state index in [0.29, 0.717) is 30.4 Å². The van der Waals surface area contributed by atoms with E-state index in [1.807, 2.05) is 0 Å². The Bertz CT molecular complexity index is 593. The molecule has 8 heteroatoms. The Hall–Kier alpha value is -1.96. The summed E-state index contributed by atoms with van der Waals surface area (Å²) in [5.41, 5.74) is 6.71. The fourth-order valence-electron chi connectivity index (χ4n) is 3.56. The van der Waals surface area contributed by atoms with Crippen molar-refractivity contribution in [3.05, 3.63) is 21.5 Å². The molecule has 0 saturated heterocycles. The highest BCUT2D eigenvalue weighted by atomic mass is 16.6. The molecule has 1 amide bonds. The minimum Gasteiger partial charge on any atom is -0.352 e. The predicted molar refractivity (Wildman–Crippen MR) is 90.5 cm³/mol. The summed E-state index contributed by atoms with van der Waals surface area (Å²) < 4.78 is 1.53. The Labute approximate surface area is 141 Å². The van der Waals surface area contributed by atoms with E-state index in [2.05, 4.69) is 10.4 Å². The van der Waals surface area contributed by atoms with E-state index < -0.39 is 4.92 Å². The topological polar surface area (TPSA) is 116 Å². The lowest BCUT2D eigenvalue weighted by atomic mass is 9.84. The molecular weight excluding hydrogens is 310 g/mol. The normalized spacial score (nSPS) is 16.8. The monoisotopic (exact) mass is 337 g/mol. The first-order valence-corrected chi connectivity index (χ1v) is 8.61. The molecule has 3 N–H and O–H groups in total. The number of nitro groups is 1. The molecule has 0 spiro atoms. The number of nitrogens with two attached hydrogens (primary N) is 1. The van der Waals surface area contributed by atoms with Gasteiger partial charge < -0.3 is 11.1 Å². The van der Waals surface area contributed by atoms with E-state index in [-0.39, 0.29) is 24.1 Å². The summed E-state index contributed by atoms with van der Waals surface area (Å²) in [6.45, 7) is 4.03. The molecule has 1 unspecified atom stereocenters. The van der Waals surface area contributed by atoms with Crippen LogP contribution in [0.1, 0.15) is 49.9 Å². The minimum atomic E-state index is -0.429. The fourth-order valence-corrected chi connectivity index (χ4v) is 3.56. The number of hydrogen-bond acceptors (Lipinski definition) is 5. The number of nitrogens with zero attached hydrogens (tertiary/aromatic N) is 3. The Balaban J connectivity index is 1.90. The average Bonchev–Trinajstić information content (AvgIpc) is 2.85. The summed E-state index contributed by atoms with van der Waals surface area (Å²) in [7, 11) is 0. The van der Waals surface area contributed by atoms with Gasteiger partial charge in [-0.3, -0.25) is 19.6 Å². The molecule has 1 aromatic heterocycles. The number of amides is 1. The van der Waals surface area contributed by atoms with Gasteiger partial charge in [-0.25, -0.2) is 0 Å². The zero-order valence-corrected chi connectivity index (χ0v) is 14.5. The third-order valence-corrected chi connectivity index (χ3v) is 4.90. The molecule has 1 aliphatic rings. The minimum absolute atomic E-state index is 0.0209. The second-order valence-corrected chi connectivity index (χ2v) is 6.56. The van der Waals surface area contributed by atoms with Crippen LogP contribution in [0.3, 0.4) is 0 Å². The maximum absolute atomic E-state index is 12.2. The van der Waals surface area contributed by atoms with Crippen molar-refractivity contribution in [3.63, 3.8) is 0 Å². The third kappa shape index (κ3) is 4.31. The maximum Gasteiger partial charge on any atom is 0.312 e. The molecule has 0 bridgehead atoms. The van der Waals surface area contributed by atoms with Gasteiger partial charge >= 0.3 is 5.69 Å². The molecule has 8 nitrogen and oxygen atoms in total. The smallest absolute Gasteiger partial charge is 0.312 e. The highest BCUT2D eigenvalue weighted by molar-refractivity contribution is 5.76. The van der Waals surface area contributed by atoms with Crippen LogP contribution in [0.2, 0.25) is 0 Å². The van der Waals surface area contributed by atoms with Crippen molar-refractivity contribution < 1.29 is 9.72 Å². The highest BCUT2D eigenvalue weighted by Crippen LogP contribution is 2.26. The van der Waals surface area contributed by atoms with Crippen molar-refractivity contribution in [3.8, 4) is 0 Å². The molecule has 24 heavy (non-hydrogen) atoms.